The van der Waals surface area contributed by atoms with E-state index in [0.29, 0.717) is 32.1 Å². The van der Waals surface area contributed by atoms with Gasteiger partial charge in [-0.05, 0) is 43.1 Å². The molecule has 1 N–H and O–H groups in total. The Hall–Kier alpha value is -2.51. The van der Waals surface area contributed by atoms with Crippen LogP contribution in [0.5, 0.6) is 5.75 Å². The number of carbonyl (C=O) groups is 1. The van der Waals surface area contributed by atoms with Crippen LogP contribution >= 0.6 is 11.5 Å². The number of benzene rings is 1. The molecule has 2 aromatic heterocycles. The van der Waals surface area contributed by atoms with Gasteiger partial charge in [-0.25, -0.2) is 4.98 Å². The summed E-state index contributed by atoms with van der Waals surface area (Å²) in [5, 5.41) is 3.88. The van der Waals surface area contributed by atoms with Crippen molar-refractivity contribution in [3.8, 4) is 5.75 Å². The molecule has 1 amide bonds. The fraction of sp³-hybridized carbons (Fsp3) is 0.316. The van der Waals surface area contributed by atoms with E-state index in [1.54, 1.807) is 0 Å². The number of hydrogen-bond acceptors (Lipinski definition) is 6. The van der Waals surface area contributed by atoms with Gasteiger partial charge in [0.15, 0.2) is 5.82 Å². The van der Waals surface area contributed by atoms with Crippen molar-refractivity contribution in [2.24, 2.45) is 0 Å². The highest BCUT2D eigenvalue weighted by molar-refractivity contribution is 7.13. The highest BCUT2D eigenvalue weighted by Crippen LogP contribution is 2.29. The number of anilines is 1. The number of rotatable bonds is 3. The maximum absolute atomic E-state index is 12.6. The SMILES string of the molecule is Cc1cc(C)c2c(NC(=O)CN3CCOc4ccccc4C3)nsc2n1. The van der Waals surface area contributed by atoms with Crippen molar-refractivity contribution >= 4 is 33.5 Å². The number of hydrogen-bond donors (Lipinski definition) is 1. The van der Waals surface area contributed by atoms with Crippen molar-refractivity contribution in [3.63, 3.8) is 0 Å². The van der Waals surface area contributed by atoms with Gasteiger partial charge in [0, 0.05) is 24.3 Å². The van der Waals surface area contributed by atoms with E-state index in [-0.39, 0.29) is 5.91 Å². The van der Waals surface area contributed by atoms with Gasteiger partial charge in [-0.2, -0.15) is 4.37 Å². The number of ether oxygens (including phenoxy) is 1. The third-order valence-electron chi connectivity index (χ3n) is 4.43. The molecule has 0 atom stereocenters. The van der Waals surface area contributed by atoms with Crippen molar-refractivity contribution in [2.45, 2.75) is 20.4 Å². The van der Waals surface area contributed by atoms with Crippen LogP contribution in [0.25, 0.3) is 10.2 Å². The van der Waals surface area contributed by atoms with Crippen molar-refractivity contribution in [1.82, 2.24) is 14.3 Å². The van der Waals surface area contributed by atoms with Crippen LogP contribution in [0.4, 0.5) is 5.82 Å². The van der Waals surface area contributed by atoms with Crippen molar-refractivity contribution < 1.29 is 9.53 Å². The number of para-hydroxylation sites is 1. The molecule has 0 spiro atoms. The molecule has 0 radical (unpaired) electrons. The lowest BCUT2D eigenvalue weighted by Crippen LogP contribution is -2.34. The van der Waals surface area contributed by atoms with Gasteiger partial charge < -0.3 is 10.1 Å². The fourth-order valence-corrected chi connectivity index (χ4v) is 4.11. The largest absolute Gasteiger partial charge is 0.492 e. The van der Waals surface area contributed by atoms with E-state index < -0.39 is 0 Å². The van der Waals surface area contributed by atoms with Gasteiger partial charge in [0.2, 0.25) is 5.91 Å². The van der Waals surface area contributed by atoms with Crippen LogP contribution in [0.15, 0.2) is 30.3 Å². The van der Waals surface area contributed by atoms with E-state index in [1.807, 2.05) is 44.2 Å². The lowest BCUT2D eigenvalue weighted by Gasteiger charge is -2.18. The number of carbonyl (C=O) groups excluding carboxylic acids is 1. The molecule has 0 fully saturated rings. The van der Waals surface area contributed by atoms with Crippen LogP contribution in [0.1, 0.15) is 16.8 Å². The summed E-state index contributed by atoms with van der Waals surface area (Å²) in [7, 11) is 0. The zero-order chi connectivity index (χ0) is 18.1. The van der Waals surface area contributed by atoms with Gasteiger partial charge in [-0.15, -0.1) is 0 Å². The standard InChI is InChI=1S/C19H20N4O2S/c1-12-9-13(2)20-19-17(12)18(22-26-19)21-16(24)11-23-7-8-25-15-6-4-3-5-14(15)10-23/h3-6,9H,7-8,10-11H2,1-2H3,(H,21,22,24). The summed E-state index contributed by atoms with van der Waals surface area (Å²) in [6.07, 6.45) is 0. The summed E-state index contributed by atoms with van der Waals surface area (Å²) in [5.41, 5.74) is 3.14. The second kappa shape index (κ2) is 7.01. The van der Waals surface area contributed by atoms with Crippen LogP contribution in [0, 0.1) is 13.8 Å². The Bertz CT molecular complexity index is 969. The third-order valence-corrected chi connectivity index (χ3v) is 5.17. The van der Waals surface area contributed by atoms with Crippen molar-refractivity contribution in [2.75, 3.05) is 25.0 Å². The fourth-order valence-electron chi connectivity index (χ4n) is 3.27. The number of nitrogens with one attached hydrogen (secondary N) is 1. The molecule has 26 heavy (non-hydrogen) atoms. The Balaban J connectivity index is 1.48. The number of aryl methyl sites for hydroxylation is 2. The van der Waals surface area contributed by atoms with Gasteiger partial charge >= 0.3 is 0 Å². The maximum atomic E-state index is 12.6. The first kappa shape index (κ1) is 16.9. The van der Waals surface area contributed by atoms with Gasteiger partial charge in [0.25, 0.3) is 0 Å². The molecule has 3 heterocycles. The molecule has 0 unspecified atom stereocenters. The van der Waals surface area contributed by atoms with Gasteiger partial charge in [0.05, 0.1) is 11.9 Å². The van der Waals surface area contributed by atoms with Crippen molar-refractivity contribution in [3.05, 3.63) is 47.2 Å². The Labute approximate surface area is 156 Å². The van der Waals surface area contributed by atoms with Crippen LogP contribution in [-0.4, -0.2) is 39.9 Å². The predicted molar refractivity (Wildman–Crippen MR) is 103 cm³/mol. The molecule has 0 saturated carbocycles. The molecular weight excluding hydrogens is 348 g/mol. The Kier molecular flexibility index (Phi) is 4.57. The van der Waals surface area contributed by atoms with E-state index in [4.69, 9.17) is 4.74 Å². The summed E-state index contributed by atoms with van der Waals surface area (Å²) in [6.45, 7) is 6.26. The molecule has 4 rings (SSSR count). The molecule has 134 valence electrons. The summed E-state index contributed by atoms with van der Waals surface area (Å²) < 4.78 is 10.1. The third kappa shape index (κ3) is 3.40. The molecule has 0 saturated heterocycles. The van der Waals surface area contributed by atoms with Crippen LogP contribution < -0.4 is 10.1 Å². The summed E-state index contributed by atoms with van der Waals surface area (Å²) in [4.78, 5) is 20.0. The number of aromatic nitrogens is 2. The average Bonchev–Trinajstić information content (AvgIpc) is 2.87. The van der Waals surface area contributed by atoms with Crippen molar-refractivity contribution in [1.29, 1.82) is 0 Å². The lowest BCUT2D eigenvalue weighted by molar-refractivity contribution is -0.117. The van der Waals surface area contributed by atoms with E-state index >= 15 is 0 Å². The summed E-state index contributed by atoms with van der Waals surface area (Å²) in [6, 6.07) is 9.97. The molecule has 1 aliphatic rings. The number of nitrogens with zero attached hydrogens (tertiary/aromatic N) is 3. The minimum absolute atomic E-state index is 0.0726. The molecule has 1 aliphatic heterocycles. The molecule has 0 bridgehead atoms. The van der Waals surface area contributed by atoms with Crippen LogP contribution in [0.2, 0.25) is 0 Å². The van der Waals surface area contributed by atoms with E-state index in [1.165, 1.54) is 11.5 Å². The van der Waals surface area contributed by atoms with E-state index in [2.05, 4.69) is 19.6 Å². The van der Waals surface area contributed by atoms with E-state index in [9.17, 15) is 4.79 Å². The van der Waals surface area contributed by atoms with Crippen LogP contribution in [0.3, 0.4) is 0 Å². The normalized spacial score (nSPS) is 14.5. The maximum Gasteiger partial charge on any atom is 0.239 e. The second-order valence-electron chi connectivity index (χ2n) is 6.51. The quantitative estimate of drug-likeness (QED) is 0.769. The summed E-state index contributed by atoms with van der Waals surface area (Å²) >= 11 is 1.31. The highest BCUT2D eigenvalue weighted by atomic mass is 32.1. The smallest absolute Gasteiger partial charge is 0.239 e. The van der Waals surface area contributed by atoms with Crippen LogP contribution in [-0.2, 0) is 11.3 Å². The average molecular weight is 368 g/mol. The molecule has 1 aromatic carbocycles. The molecule has 7 heteroatoms. The monoisotopic (exact) mass is 368 g/mol. The molecule has 6 nitrogen and oxygen atoms in total. The first-order valence-corrected chi connectivity index (χ1v) is 9.34. The topological polar surface area (TPSA) is 67.4 Å². The Morgan fingerprint density at radius 2 is 2.19 bits per heavy atom. The highest BCUT2D eigenvalue weighted by Gasteiger charge is 2.19. The van der Waals surface area contributed by atoms with Gasteiger partial charge in [-0.3, -0.25) is 9.69 Å². The number of pyridine rings is 1. The summed E-state index contributed by atoms with van der Waals surface area (Å²) in [5.74, 6) is 1.43. The zero-order valence-corrected chi connectivity index (χ0v) is 15.6. The minimum atomic E-state index is -0.0726. The number of amides is 1. The lowest BCUT2D eigenvalue weighted by atomic mass is 10.2. The first-order valence-electron chi connectivity index (χ1n) is 8.56. The predicted octanol–water partition coefficient (Wildman–Crippen LogP) is 3.14. The molecule has 3 aromatic rings. The minimum Gasteiger partial charge on any atom is -0.492 e. The second-order valence-corrected chi connectivity index (χ2v) is 7.26. The van der Waals surface area contributed by atoms with Gasteiger partial charge in [-0.1, -0.05) is 18.2 Å². The number of fused-ring (bicyclic) bond motifs is 2. The molecule has 0 aliphatic carbocycles. The Morgan fingerprint density at radius 3 is 3.08 bits per heavy atom. The molecular formula is C19H20N4O2S. The Morgan fingerprint density at radius 1 is 1.35 bits per heavy atom. The van der Waals surface area contributed by atoms with E-state index in [0.717, 1.165) is 32.8 Å². The first-order chi connectivity index (χ1) is 12.6. The zero-order valence-electron chi connectivity index (χ0n) is 14.8. The van der Waals surface area contributed by atoms with Gasteiger partial charge in [0.1, 0.15) is 17.2 Å².